The molecular formula is C16H16BrNO. The molecule has 0 saturated carbocycles. The van der Waals surface area contributed by atoms with Gasteiger partial charge in [0.15, 0.2) is 0 Å². The van der Waals surface area contributed by atoms with Crippen molar-refractivity contribution < 1.29 is 4.74 Å². The van der Waals surface area contributed by atoms with Gasteiger partial charge in [0.2, 0.25) is 0 Å². The molecule has 1 heterocycles. The van der Waals surface area contributed by atoms with E-state index < -0.39 is 0 Å². The van der Waals surface area contributed by atoms with Gasteiger partial charge in [-0.15, -0.1) is 0 Å². The summed E-state index contributed by atoms with van der Waals surface area (Å²) in [5, 5.41) is 3.57. The molecule has 1 atom stereocenters. The third-order valence-corrected chi connectivity index (χ3v) is 3.98. The van der Waals surface area contributed by atoms with Crippen LogP contribution in [-0.2, 0) is 0 Å². The van der Waals surface area contributed by atoms with Crippen molar-refractivity contribution in [2.45, 2.75) is 19.9 Å². The Morgan fingerprint density at radius 3 is 2.84 bits per heavy atom. The quantitative estimate of drug-likeness (QED) is 0.829. The first-order chi connectivity index (χ1) is 9.13. The average molecular weight is 318 g/mol. The smallest absolute Gasteiger partial charge is 0.142 e. The molecule has 2 nitrogen and oxygen atoms in total. The van der Waals surface area contributed by atoms with Crippen LogP contribution in [0.1, 0.15) is 22.7 Å². The fraction of sp³-hybridized carbons (Fsp3) is 0.250. The molecule has 0 bridgehead atoms. The lowest BCUT2D eigenvalue weighted by atomic mass is 9.98. The fourth-order valence-electron chi connectivity index (χ4n) is 2.45. The van der Waals surface area contributed by atoms with Crippen molar-refractivity contribution >= 4 is 21.6 Å². The van der Waals surface area contributed by atoms with E-state index in [1.807, 2.05) is 12.1 Å². The third kappa shape index (κ3) is 2.47. The highest BCUT2D eigenvalue weighted by Crippen LogP contribution is 2.36. The summed E-state index contributed by atoms with van der Waals surface area (Å²) >= 11 is 3.50. The number of hydrogen-bond acceptors (Lipinski definition) is 2. The minimum Gasteiger partial charge on any atom is -0.489 e. The minimum atomic E-state index is 0.210. The Bertz CT molecular complexity index is 624. The van der Waals surface area contributed by atoms with Gasteiger partial charge in [0, 0.05) is 4.47 Å². The fourth-order valence-corrected chi connectivity index (χ4v) is 2.81. The zero-order valence-electron chi connectivity index (χ0n) is 11.0. The predicted octanol–water partition coefficient (Wildman–Crippen LogP) is 4.61. The van der Waals surface area contributed by atoms with Crippen LogP contribution in [0.2, 0.25) is 0 Å². The number of ether oxygens (including phenoxy) is 1. The first kappa shape index (κ1) is 12.5. The Morgan fingerprint density at radius 2 is 2.00 bits per heavy atom. The summed E-state index contributed by atoms with van der Waals surface area (Å²) in [6.07, 6.45) is 0. The minimum absolute atomic E-state index is 0.210. The van der Waals surface area contributed by atoms with Gasteiger partial charge in [-0.3, -0.25) is 0 Å². The van der Waals surface area contributed by atoms with Gasteiger partial charge in [-0.25, -0.2) is 0 Å². The molecule has 2 aromatic rings. The van der Waals surface area contributed by atoms with Gasteiger partial charge in [-0.05, 0) is 43.2 Å². The van der Waals surface area contributed by atoms with E-state index in [1.165, 1.54) is 16.7 Å². The van der Waals surface area contributed by atoms with Gasteiger partial charge in [-0.2, -0.15) is 0 Å². The molecule has 0 spiro atoms. The van der Waals surface area contributed by atoms with Crippen LogP contribution >= 0.6 is 15.9 Å². The number of anilines is 1. The third-order valence-electron chi connectivity index (χ3n) is 3.49. The van der Waals surface area contributed by atoms with Gasteiger partial charge in [-0.1, -0.05) is 39.7 Å². The normalized spacial score (nSPS) is 17.3. The number of benzene rings is 2. The average Bonchev–Trinajstić information content (AvgIpc) is 2.40. The summed E-state index contributed by atoms with van der Waals surface area (Å²) in [5.41, 5.74) is 4.93. The van der Waals surface area contributed by atoms with Gasteiger partial charge in [0.1, 0.15) is 12.4 Å². The maximum Gasteiger partial charge on any atom is 0.142 e. The highest BCUT2D eigenvalue weighted by molar-refractivity contribution is 9.10. The van der Waals surface area contributed by atoms with Gasteiger partial charge >= 0.3 is 0 Å². The van der Waals surface area contributed by atoms with Crippen LogP contribution < -0.4 is 10.1 Å². The summed E-state index contributed by atoms with van der Waals surface area (Å²) < 4.78 is 6.92. The Kier molecular flexibility index (Phi) is 3.23. The number of fused-ring (bicyclic) bond motifs is 1. The molecule has 2 aromatic carbocycles. The van der Waals surface area contributed by atoms with Gasteiger partial charge in [0.25, 0.3) is 0 Å². The maximum absolute atomic E-state index is 5.86. The van der Waals surface area contributed by atoms with Crippen molar-refractivity contribution in [1.82, 2.24) is 0 Å². The highest BCUT2D eigenvalue weighted by Gasteiger charge is 2.21. The largest absolute Gasteiger partial charge is 0.489 e. The number of halogens is 1. The molecule has 0 saturated heterocycles. The maximum atomic E-state index is 5.86. The molecule has 0 aliphatic carbocycles. The number of nitrogens with one attached hydrogen (secondary N) is 1. The monoisotopic (exact) mass is 317 g/mol. The molecule has 3 heteroatoms. The van der Waals surface area contributed by atoms with E-state index in [2.05, 4.69) is 59.4 Å². The molecule has 3 rings (SSSR count). The van der Waals surface area contributed by atoms with Crippen molar-refractivity contribution in [3.05, 3.63) is 57.6 Å². The van der Waals surface area contributed by atoms with Crippen LogP contribution in [0.15, 0.2) is 40.9 Å². The number of rotatable bonds is 1. The van der Waals surface area contributed by atoms with Crippen molar-refractivity contribution in [3.8, 4) is 5.75 Å². The summed E-state index contributed by atoms with van der Waals surface area (Å²) in [7, 11) is 0. The van der Waals surface area contributed by atoms with Crippen molar-refractivity contribution in [2.24, 2.45) is 0 Å². The molecule has 0 fully saturated rings. The van der Waals surface area contributed by atoms with E-state index in [0.29, 0.717) is 6.61 Å². The molecule has 98 valence electrons. The van der Waals surface area contributed by atoms with Gasteiger partial charge in [0.05, 0.1) is 11.7 Å². The topological polar surface area (TPSA) is 21.3 Å². The molecule has 0 amide bonds. The van der Waals surface area contributed by atoms with E-state index in [0.717, 1.165) is 15.9 Å². The predicted molar refractivity (Wildman–Crippen MR) is 81.9 cm³/mol. The summed E-state index contributed by atoms with van der Waals surface area (Å²) in [5.74, 6) is 0.921. The van der Waals surface area contributed by atoms with Crippen LogP contribution in [0.3, 0.4) is 0 Å². The molecule has 0 aromatic heterocycles. The second-order valence-corrected chi connectivity index (χ2v) is 5.92. The Balaban J connectivity index is 1.95. The zero-order chi connectivity index (χ0) is 13.4. The molecule has 0 radical (unpaired) electrons. The lowest BCUT2D eigenvalue weighted by molar-refractivity contribution is 0.286. The molecule has 1 aliphatic rings. The van der Waals surface area contributed by atoms with Gasteiger partial charge < -0.3 is 10.1 Å². The van der Waals surface area contributed by atoms with E-state index in [4.69, 9.17) is 4.74 Å². The summed E-state index contributed by atoms with van der Waals surface area (Å²) in [6.45, 7) is 4.93. The van der Waals surface area contributed by atoms with E-state index in [1.54, 1.807) is 0 Å². The van der Waals surface area contributed by atoms with E-state index in [9.17, 15) is 0 Å². The van der Waals surface area contributed by atoms with Crippen molar-refractivity contribution in [3.63, 3.8) is 0 Å². The lowest BCUT2D eigenvalue weighted by Gasteiger charge is -2.29. The first-order valence-corrected chi connectivity index (χ1v) is 7.19. The Morgan fingerprint density at radius 1 is 1.16 bits per heavy atom. The van der Waals surface area contributed by atoms with E-state index >= 15 is 0 Å². The highest BCUT2D eigenvalue weighted by atomic mass is 79.9. The number of hydrogen-bond donors (Lipinski definition) is 1. The summed E-state index contributed by atoms with van der Waals surface area (Å²) in [4.78, 5) is 0. The molecule has 1 aliphatic heterocycles. The lowest BCUT2D eigenvalue weighted by Crippen LogP contribution is -2.24. The second-order valence-electron chi connectivity index (χ2n) is 5.01. The summed E-state index contributed by atoms with van der Waals surface area (Å²) in [6, 6.07) is 12.8. The van der Waals surface area contributed by atoms with Crippen LogP contribution in [-0.4, -0.2) is 6.61 Å². The van der Waals surface area contributed by atoms with Crippen molar-refractivity contribution in [2.75, 3.05) is 11.9 Å². The Labute approximate surface area is 121 Å². The van der Waals surface area contributed by atoms with Crippen LogP contribution in [0.5, 0.6) is 5.75 Å². The van der Waals surface area contributed by atoms with E-state index in [-0.39, 0.29) is 6.04 Å². The standard InChI is InChI=1S/C16H16BrNO/c1-10-3-4-11(2)13(7-10)15-9-19-16-6-5-12(17)8-14(16)18-15/h3-8,15,18H,9H2,1-2H3. The first-order valence-electron chi connectivity index (χ1n) is 6.39. The molecular weight excluding hydrogens is 302 g/mol. The van der Waals surface area contributed by atoms with Crippen LogP contribution in [0.4, 0.5) is 5.69 Å². The van der Waals surface area contributed by atoms with Crippen molar-refractivity contribution in [1.29, 1.82) is 0 Å². The molecule has 1 N–H and O–H groups in total. The SMILES string of the molecule is Cc1ccc(C)c(C2COc3ccc(Br)cc3N2)c1. The number of aryl methyl sites for hydroxylation is 2. The second kappa shape index (κ2) is 4.89. The van der Waals surface area contributed by atoms with Crippen LogP contribution in [0, 0.1) is 13.8 Å². The Hall–Kier alpha value is -1.48. The zero-order valence-corrected chi connectivity index (χ0v) is 12.6. The molecule has 19 heavy (non-hydrogen) atoms. The molecule has 1 unspecified atom stereocenters. The van der Waals surface area contributed by atoms with Crippen LogP contribution in [0.25, 0.3) is 0 Å².